The molecule has 0 aliphatic carbocycles. The van der Waals surface area contributed by atoms with Gasteiger partial charge in [-0.3, -0.25) is 4.98 Å². The van der Waals surface area contributed by atoms with Gasteiger partial charge in [-0.1, -0.05) is 24.3 Å². The lowest BCUT2D eigenvalue weighted by Gasteiger charge is -2.11. The lowest BCUT2D eigenvalue weighted by atomic mass is 10.0. The molecule has 0 fully saturated rings. The average molecular weight is 454 g/mol. The first kappa shape index (κ1) is 21.0. The predicted octanol–water partition coefficient (Wildman–Crippen LogP) is 4.50. The summed E-state index contributed by atoms with van der Waals surface area (Å²) in [6, 6.07) is 20.5. The lowest BCUT2D eigenvalue weighted by Crippen LogP contribution is -1.99. The van der Waals surface area contributed by atoms with Crippen molar-refractivity contribution in [3.8, 4) is 22.6 Å². The van der Waals surface area contributed by atoms with Gasteiger partial charge >= 0.3 is 0 Å². The molecule has 0 aliphatic heterocycles. The van der Waals surface area contributed by atoms with Gasteiger partial charge in [0, 0.05) is 24.1 Å². The van der Waals surface area contributed by atoms with Gasteiger partial charge in [-0.25, -0.2) is 16.8 Å². The van der Waals surface area contributed by atoms with Crippen molar-refractivity contribution in [3.63, 3.8) is 0 Å². The predicted molar refractivity (Wildman–Crippen MR) is 120 cm³/mol. The van der Waals surface area contributed by atoms with Crippen molar-refractivity contribution in [2.24, 2.45) is 0 Å². The molecule has 0 unspecified atom stereocenters. The van der Waals surface area contributed by atoms with Gasteiger partial charge in [0.25, 0.3) is 0 Å². The standard InChI is InChI=1S/C23H19NO5S2/c1-30(25,26)19-11-9-17(10-12-19)29-18-6-3-5-16(15-18)20-13-14-24-23-21(20)7-4-8-22(23)31(2,27)28/h3-15H,1-2H3. The van der Waals surface area contributed by atoms with E-state index in [0.717, 1.165) is 22.8 Å². The Hall–Kier alpha value is -3.23. The molecule has 1 heterocycles. The van der Waals surface area contributed by atoms with Crippen LogP contribution in [0.25, 0.3) is 22.0 Å². The molecule has 6 nitrogen and oxygen atoms in total. The van der Waals surface area contributed by atoms with Gasteiger partial charge in [-0.15, -0.1) is 0 Å². The van der Waals surface area contributed by atoms with Crippen LogP contribution in [-0.4, -0.2) is 34.3 Å². The molecule has 1 aromatic heterocycles. The zero-order valence-corrected chi connectivity index (χ0v) is 18.4. The van der Waals surface area contributed by atoms with Crippen LogP contribution >= 0.6 is 0 Å². The van der Waals surface area contributed by atoms with E-state index in [4.69, 9.17) is 4.74 Å². The Morgan fingerprint density at radius 3 is 2.13 bits per heavy atom. The minimum atomic E-state index is -3.42. The first-order valence-electron chi connectivity index (χ1n) is 9.29. The fourth-order valence-electron chi connectivity index (χ4n) is 3.32. The van der Waals surface area contributed by atoms with E-state index < -0.39 is 19.7 Å². The second-order valence-electron chi connectivity index (χ2n) is 7.16. The first-order chi connectivity index (χ1) is 14.6. The molecule has 4 rings (SSSR count). The van der Waals surface area contributed by atoms with Crippen LogP contribution in [0.5, 0.6) is 11.5 Å². The molecule has 0 spiro atoms. The van der Waals surface area contributed by atoms with Crippen molar-refractivity contribution in [2.75, 3.05) is 12.5 Å². The summed E-state index contributed by atoms with van der Waals surface area (Å²) in [6.07, 6.45) is 3.91. The van der Waals surface area contributed by atoms with Gasteiger partial charge in [0.1, 0.15) is 11.5 Å². The van der Waals surface area contributed by atoms with E-state index in [-0.39, 0.29) is 9.79 Å². The number of benzene rings is 3. The second kappa shape index (κ2) is 7.79. The Balaban J connectivity index is 1.73. The summed E-state index contributed by atoms with van der Waals surface area (Å²) in [6.45, 7) is 0. The molecule has 4 aromatic rings. The Labute approximate surface area is 181 Å². The molecule has 0 atom stereocenters. The van der Waals surface area contributed by atoms with E-state index in [0.29, 0.717) is 17.0 Å². The molecule has 158 valence electrons. The molecule has 0 aliphatic rings. The van der Waals surface area contributed by atoms with E-state index in [9.17, 15) is 16.8 Å². The van der Waals surface area contributed by atoms with Crippen molar-refractivity contribution in [1.29, 1.82) is 0 Å². The van der Waals surface area contributed by atoms with Gasteiger partial charge < -0.3 is 4.74 Å². The molecular formula is C23H19NO5S2. The van der Waals surface area contributed by atoms with E-state index in [1.807, 2.05) is 30.3 Å². The van der Waals surface area contributed by atoms with Crippen LogP contribution in [0.2, 0.25) is 0 Å². The Morgan fingerprint density at radius 1 is 0.742 bits per heavy atom. The monoisotopic (exact) mass is 453 g/mol. The molecule has 31 heavy (non-hydrogen) atoms. The quantitative estimate of drug-likeness (QED) is 0.442. The molecule has 8 heteroatoms. The molecule has 0 N–H and O–H groups in total. The highest BCUT2D eigenvalue weighted by atomic mass is 32.2. The van der Waals surface area contributed by atoms with Gasteiger partial charge in [0.2, 0.25) is 0 Å². The van der Waals surface area contributed by atoms with Crippen LogP contribution in [0.4, 0.5) is 0 Å². The zero-order chi connectivity index (χ0) is 22.2. The lowest BCUT2D eigenvalue weighted by molar-refractivity contribution is 0.482. The molecule has 0 saturated heterocycles. The molecule has 0 saturated carbocycles. The number of para-hydroxylation sites is 1. The number of fused-ring (bicyclic) bond motifs is 1. The van der Waals surface area contributed by atoms with Crippen LogP contribution < -0.4 is 4.74 Å². The third-order valence-corrected chi connectivity index (χ3v) is 7.02. The van der Waals surface area contributed by atoms with Gasteiger partial charge in [-0.05, 0) is 59.7 Å². The fourth-order valence-corrected chi connectivity index (χ4v) is 4.79. The first-order valence-corrected chi connectivity index (χ1v) is 13.1. The number of sulfone groups is 2. The van der Waals surface area contributed by atoms with Crippen molar-refractivity contribution >= 4 is 30.6 Å². The summed E-state index contributed by atoms with van der Waals surface area (Å²) in [5.74, 6) is 1.07. The van der Waals surface area contributed by atoms with E-state index in [1.54, 1.807) is 36.5 Å². The van der Waals surface area contributed by atoms with Crippen molar-refractivity contribution < 1.29 is 21.6 Å². The molecule has 0 amide bonds. The SMILES string of the molecule is CS(=O)(=O)c1ccc(Oc2cccc(-c3ccnc4c(S(C)(=O)=O)cccc34)c2)cc1. The number of ether oxygens (including phenoxy) is 1. The third-order valence-electron chi connectivity index (χ3n) is 4.77. The molecule has 0 radical (unpaired) electrons. The number of aromatic nitrogens is 1. The number of hydrogen-bond acceptors (Lipinski definition) is 6. The minimum absolute atomic E-state index is 0.185. The molecule has 0 bridgehead atoms. The fraction of sp³-hybridized carbons (Fsp3) is 0.0870. The van der Waals surface area contributed by atoms with Crippen LogP contribution in [0, 0.1) is 0 Å². The molecule has 3 aromatic carbocycles. The minimum Gasteiger partial charge on any atom is -0.457 e. The van der Waals surface area contributed by atoms with Crippen molar-refractivity contribution in [2.45, 2.75) is 9.79 Å². The average Bonchev–Trinajstić information content (AvgIpc) is 2.72. The smallest absolute Gasteiger partial charge is 0.177 e. The topological polar surface area (TPSA) is 90.4 Å². The van der Waals surface area contributed by atoms with E-state index in [1.165, 1.54) is 18.4 Å². The van der Waals surface area contributed by atoms with Crippen LogP contribution in [-0.2, 0) is 19.7 Å². The van der Waals surface area contributed by atoms with E-state index in [2.05, 4.69) is 4.98 Å². The number of hydrogen-bond donors (Lipinski definition) is 0. The summed E-state index contributed by atoms with van der Waals surface area (Å²) >= 11 is 0. The normalized spacial score (nSPS) is 12.1. The van der Waals surface area contributed by atoms with E-state index >= 15 is 0 Å². The third kappa shape index (κ3) is 4.45. The second-order valence-corrected chi connectivity index (χ2v) is 11.2. The maximum absolute atomic E-state index is 12.1. The maximum Gasteiger partial charge on any atom is 0.177 e. The van der Waals surface area contributed by atoms with Crippen LogP contribution in [0.15, 0.2) is 88.8 Å². The summed E-state index contributed by atoms with van der Waals surface area (Å²) < 4.78 is 53.4. The largest absolute Gasteiger partial charge is 0.457 e. The molecular weight excluding hydrogens is 434 g/mol. The van der Waals surface area contributed by atoms with Crippen molar-refractivity contribution in [3.05, 3.63) is 79.0 Å². The zero-order valence-electron chi connectivity index (χ0n) is 16.8. The highest BCUT2D eigenvalue weighted by Crippen LogP contribution is 2.33. The summed E-state index contributed by atoms with van der Waals surface area (Å²) in [7, 11) is -6.70. The van der Waals surface area contributed by atoms with Gasteiger partial charge in [0.05, 0.1) is 15.3 Å². The number of nitrogens with zero attached hydrogens (tertiary/aromatic N) is 1. The van der Waals surface area contributed by atoms with Crippen LogP contribution in [0.3, 0.4) is 0 Å². The summed E-state index contributed by atoms with van der Waals surface area (Å²) in [4.78, 5) is 4.70. The maximum atomic E-state index is 12.1. The van der Waals surface area contributed by atoms with Crippen LogP contribution in [0.1, 0.15) is 0 Å². The number of rotatable bonds is 5. The Morgan fingerprint density at radius 2 is 1.45 bits per heavy atom. The summed E-state index contributed by atoms with van der Waals surface area (Å²) in [5, 5.41) is 0.722. The Bertz CT molecular complexity index is 1490. The van der Waals surface area contributed by atoms with Crippen molar-refractivity contribution in [1.82, 2.24) is 4.98 Å². The van der Waals surface area contributed by atoms with Gasteiger partial charge in [0.15, 0.2) is 19.7 Å². The van der Waals surface area contributed by atoms with Gasteiger partial charge in [-0.2, -0.15) is 0 Å². The highest BCUT2D eigenvalue weighted by molar-refractivity contribution is 7.91. The highest BCUT2D eigenvalue weighted by Gasteiger charge is 2.15. The Kier molecular flexibility index (Phi) is 5.28. The summed E-state index contributed by atoms with van der Waals surface area (Å²) in [5.41, 5.74) is 2.09. The number of pyridine rings is 1.